The minimum atomic E-state index is -0.851. The van der Waals surface area contributed by atoms with E-state index in [9.17, 15) is 19.3 Å². The first-order chi connectivity index (χ1) is 13.0. The van der Waals surface area contributed by atoms with Crippen molar-refractivity contribution in [2.24, 2.45) is 0 Å². The van der Waals surface area contributed by atoms with Crippen LogP contribution in [0.15, 0.2) is 18.2 Å². The minimum absolute atomic E-state index is 0.00365. The summed E-state index contributed by atoms with van der Waals surface area (Å²) in [6, 6.07) is 4.09. The summed E-state index contributed by atoms with van der Waals surface area (Å²) in [6.07, 6.45) is 3.69. The molecule has 0 aromatic heterocycles. The summed E-state index contributed by atoms with van der Waals surface area (Å²) in [5.74, 6) is -0.999. The van der Waals surface area contributed by atoms with Crippen LogP contribution in [0.1, 0.15) is 32.1 Å². The van der Waals surface area contributed by atoms with Gasteiger partial charge in [-0.05, 0) is 44.2 Å². The van der Waals surface area contributed by atoms with E-state index in [1.807, 2.05) is 0 Å². The lowest BCUT2D eigenvalue weighted by Gasteiger charge is -2.30. The summed E-state index contributed by atoms with van der Waals surface area (Å²) >= 11 is 0. The van der Waals surface area contributed by atoms with Gasteiger partial charge in [0.2, 0.25) is 11.7 Å². The Bertz CT molecular complexity index is 635. The molecule has 0 saturated heterocycles. The molecule has 2 N–H and O–H groups in total. The van der Waals surface area contributed by atoms with E-state index in [2.05, 4.69) is 10.6 Å². The topological polar surface area (TPSA) is 103 Å². The van der Waals surface area contributed by atoms with Gasteiger partial charge in [-0.2, -0.15) is 4.39 Å². The molecule has 0 aliphatic heterocycles. The Balaban J connectivity index is 1.74. The van der Waals surface area contributed by atoms with E-state index in [0.29, 0.717) is 13.2 Å². The second kappa shape index (κ2) is 10.8. The number of hydrogen-bond acceptors (Lipinski definition) is 6. The molecular weight excluding hydrogens is 357 g/mol. The SMILES string of the molecule is COCCCOCC(=O)NC1CCC(Nc2cccc(F)c2[N+](=O)[O-])CC1. The smallest absolute Gasteiger partial charge is 0.327 e. The third-order valence-electron chi connectivity index (χ3n) is 4.49. The van der Waals surface area contributed by atoms with Crippen molar-refractivity contribution in [2.75, 3.05) is 32.2 Å². The van der Waals surface area contributed by atoms with Crippen molar-refractivity contribution in [3.8, 4) is 0 Å². The van der Waals surface area contributed by atoms with Crippen molar-refractivity contribution in [2.45, 2.75) is 44.2 Å². The number of para-hydroxylation sites is 1. The number of hydrogen-bond donors (Lipinski definition) is 2. The zero-order valence-corrected chi connectivity index (χ0v) is 15.4. The summed E-state index contributed by atoms with van der Waals surface area (Å²) in [5, 5.41) is 17.1. The number of ether oxygens (including phenoxy) is 2. The monoisotopic (exact) mass is 383 g/mol. The normalized spacial score (nSPS) is 19.5. The van der Waals surface area contributed by atoms with Crippen LogP contribution in [0.5, 0.6) is 0 Å². The molecule has 1 aromatic carbocycles. The van der Waals surface area contributed by atoms with Gasteiger partial charge in [0.25, 0.3) is 0 Å². The average molecular weight is 383 g/mol. The van der Waals surface area contributed by atoms with Crippen LogP contribution < -0.4 is 10.6 Å². The van der Waals surface area contributed by atoms with Gasteiger partial charge in [0.15, 0.2) is 0 Å². The predicted molar refractivity (Wildman–Crippen MR) is 98.2 cm³/mol. The van der Waals surface area contributed by atoms with Gasteiger partial charge in [-0.1, -0.05) is 6.07 Å². The molecule has 2 rings (SSSR count). The molecule has 1 fully saturated rings. The molecule has 0 unspecified atom stereocenters. The zero-order chi connectivity index (χ0) is 19.6. The quantitative estimate of drug-likeness (QED) is 0.366. The van der Waals surface area contributed by atoms with Crippen LogP contribution >= 0.6 is 0 Å². The van der Waals surface area contributed by atoms with Crippen molar-refractivity contribution >= 4 is 17.3 Å². The van der Waals surface area contributed by atoms with Crippen molar-refractivity contribution in [3.63, 3.8) is 0 Å². The Labute approximate surface area is 157 Å². The maximum atomic E-state index is 13.7. The van der Waals surface area contributed by atoms with Crippen LogP contribution in [0, 0.1) is 15.9 Å². The number of rotatable bonds is 10. The number of benzene rings is 1. The number of methoxy groups -OCH3 is 1. The van der Waals surface area contributed by atoms with Crippen LogP contribution in [0.3, 0.4) is 0 Å². The highest BCUT2D eigenvalue weighted by Crippen LogP contribution is 2.30. The molecular formula is C18H26FN3O5. The van der Waals surface area contributed by atoms with Gasteiger partial charge >= 0.3 is 5.69 Å². The largest absolute Gasteiger partial charge is 0.385 e. The van der Waals surface area contributed by atoms with Crippen molar-refractivity contribution in [3.05, 3.63) is 34.1 Å². The summed E-state index contributed by atoms with van der Waals surface area (Å²) < 4.78 is 23.9. The van der Waals surface area contributed by atoms with E-state index in [4.69, 9.17) is 9.47 Å². The van der Waals surface area contributed by atoms with Gasteiger partial charge in [0.05, 0.1) is 4.92 Å². The van der Waals surface area contributed by atoms with E-state index in [1.165, 1.54) is 12.1 Å². The molecule has 1 aromatic rings. The van der Waals surface area contributed by atoms with Crippen LogP contribution in [0.25, 0.3) is 0 Å². The summed E-state index contributed by atoms with van der Waals surface area (Å²) in [7, 11) is 1.62. The van der Waals surface area contributed by atoms with Gasteiger partial charge < -0.3 is 20.1 Å². The minimum Gasteiger partial charge on any atom is -0.385 e. The molecule has 150 valence electrons. The Kier molecular flexibility index (Phi) is 8.41. The number of nitro benzene ring substituents is 1. The third kappa shape index (κ3) is 6.76. The number of halogens is 1. The van der Waals surface area contributed by atoms with Crippen molar-refractivity contribution < 1.29 is 23.6 Å². The third-order valence-corrected chi connectivity index (χ3v) is 4.49. The molecule has 0 radical (unpaired) electrons. The number of nitrogens with one attached hydrogen (secondary N) is 2. The van der Waals surface area contributed by atoms with E-state index in [-0.39, 0.29) is 30.3 Å². The maximum absolute atomic E-state index is 13.7. The van der Waals surface area contributed by atoms with Gasteiger partial charge in [-0.15, -0.1) is 0 Å². The Hall–Kier alpha value is -2.26. The molecule has 0 atom stereocenters. The van der Waals surface area contributed by atoms with Crippen LogP contribution in [0.4, 0.5) is 15.8 Å². The van der Waals surface area contributed by atoms with Gasteiger partial charge in [-0.3, -0.25) is 14.9 Å². The molecule has 0 spiro atoms. The van der Waals surface area contributed by atoms with Crippen LogP contribution in [0.2, 0.25) is 0 Å². The fraction of sp³-hybridized carbons (Fsp3) is 0.611. The molecule has 8 nitrogen and oxygen atoms in total. The lowest BCUT2D eigenvalue weighted by Crippen LogP contribution is -2.41. The first-order valence-electron chi connectivity index (χ1n) is 9.06. The van der Waals surface area contributed by atoms with Gasteiger partial charge in [-0.25, -0.2) is 0 Å². The average Bonchev–Trinajstić information content (AvgIpc) is 2.63. The Morgan fingerprint density at radius 3 is 2.63 bits per heavy atom. The Morgan fingerprint density at radius 2 is 1.96 bits per heavy atom. The number of nitrogens with zero attached hydrogens (tertiary/aromatic N) is 1. The molecule has 1 saturated carbocycles. The predicted octanol–water partition coefficient (Wildman–Crippen LogP) is 2.63. The van der Waals surface area contributed by atoms with Gasteiger partial charge in [0, 0.05) is 32.4 Å². The fourth-order valence-corrected chi connectivity index (χ4v) is 3.16. The summed E-state index contributed by atoms with van der Waals surface area (Å²) in [4.78, 5) is 22.2. The van der Waals surface area contributed by atoms with Crippen molar-refractivity contribution in [1.29, 1.82) is 0 Å². The fourth-order valence-electron chi connectivity index (χ4n) is 3.16. The molecule has 0 bridgehead atoms. The zero-order valence-electron chi connectivity index (χ0n) is 15.4. The standard InChI is InChI=1S/C18H26FN3O5/c1-26-10-3-11-27-12-17(23)21-14-8-6-13(7-9-14)20-16-5-2-4-15(19)18(16)22(24)25/h2,4-5,13-14,20H,3,6-12H2,1H3,(H,21,23). The molecule has 27 heavy (non-hydrogen) atoms. The van der Waals surface area contributed by atoms with E-state index in [1.54, 1.807) is 7.11 Å². The number of anilines is 1. The first kappa shape index (κ1) is 21.0. The summed E-state index contributed by atoms with van der Waals surface area (Å²) in [6.45, 7) is 1.10. The van der Waals surface area contributed by atoms with E-state index in [0.717, 1.165) is 38.2 Å². The number of carbonyl (C=O) groups excluding carboxylic acids is 1. The van der Waals surface area contributed by atoms with Crippen molar-refractivity contribution in [1.82, 2.24) is 5.32 Å². The lowest BCUT2D eigenvalue weighted by atomic mass is 9.91. The first-order valence-corrected chi connectivity index (χ1v) is 9.06. The van der Waals surface area contributed by atoms with E-state index < -0.39 is 16.4 Å². The second-order valence-electron chi connectivity index (χ2n) is 6.55. The molecule has 1 aliphatic rings. The number of amides is 1. The van der Waals surface area contributed by atoms with Gasteiger partial charge in [0.1, 0.15) is 12.3 Å². The summed E-state index contributed by atoms with van der Waals surface area (Å²) in [5.41, 5.74) is -0.338. The second-order valence-corrected chi connectivity index (χ2v) is 6.55. The Morgan fingerprint density at radius 1 is 1.26 bits per heavy atom. The molecule has 0 heterocycles. The number of carbonyl (C=O) groups is 1. The highest BCUT2D eigenvalue weighted by molar-refractivity contribution is 5.77. The highest BCUT2D eigenvalue weighted by Gasteiger charge is 2.26. The maximum Gasteiger partial charge on any atom is 0.327 e. The van der Waals surface area contributed by atoms with Crippen LogP contribution in [-0.2, 0) is 14.3 Å². The molecule has 1 amide bonds. The highest BCUT2D eigenvalue weighted by atomic mass is 19.1. The molecule has 1 aliphatic carbocycles. The van der Waals surface area contributed by atoms with Crippen LogP contribution in [-0.4, -0.2) is 49.8 Å². The lowest BCUT2D eigenvalue weighted by molar-refractivity contribution is -0.386. The molecule has 9 heteroatoms. The number of nitro groups is 1. The van der Waals surface area contributed by atoms with E-state index >= 15 is 0 Å².